The molecular weight excluding hydrogens is 714 g/mol. The number of nitrogens with zero attached hydrogens (tertiary/aromatic N) is 2. The fourth-order valence-electron chi connectivity index (χ4n) is 12.9. The van der Waals surface area contributed by atoms with Crippen LogP contribution in [-0.2, 0) is 28.4 Å². The average molecular weight is 773 g/mol. The van der Waals surface area contributed by atoms with Crippen molar-refractivity contribution in [2.45, 2.75) is 106 Å². The Labute approximate surface area is 323 Å². The van der Waals surface area contributed by atoms with Crippen molar-refractivity contribution < 1.29 is 17.1 Å². The molecule has 8 aliphatic carbocycles. The molecule has 1 atom stereocenters. The zero-order valence-corrected chi connectivity index (χ0v) is 35.1. The molecule has 51 heavy (non-hydrogen) atoms. The fraction of sp³-hybridized carbons (Fsp3) is 0.556. The topological polar surface area (TPSA) is 25.8 Å². The van der Waals surface area contributed by atoms with Crippen molar-refractivity contribution >= 4 is 30.4 Å². The van der Waals surface area contributed by atoms with Gasteiger partial charge in [0.15, 0.2) is 0 Å². The Morgan fingerprint density at radius 1 is 0.667 bits per heavy atom. The van der Waals surface area contributed by atoms with Crippen molar-refractivity contribution in [1.82, 2.24) is 9.97 Å². The van der Waals surface area contributed by atoms with Gasteiger partial charge >= 0.3 is 0 Å². The van der Waals surface area contributed by atoms with Crippen molar-refractivity contribution in [3.63, 3.8) is 0 Å². The third kappa shape index (κ3) is 6.91. The molecule has 0 radical (unpaired) electrons. The molecule has 0 spiro atoms. The first-order valence-corrected chi connectivity index (χ1v) is 25.8. The van der Waals surface area contributed by atoms with E-state index >= 15 is 0 Å². The maximum absolute atomic E-state index is 5.05. The van der Waals surface area contributed by atoms with Crippen LogP contribution in [0.3, 0.4) is 0 Å². The smallest absolute Gasteiger partial charge is 0.0481 e. The van der Waals surface area contributed by atoms with Crippen LogP contribution in [0.1, 0.15) is 86.7 Å². The maximum atomic E-state index is 5.05. The second-order valence-electron chi connectivity index (χ2n) is 18.6. The summed E-state index contributed by atoms with van der Waals surface area (Å²) in [5, 5.41) is 1.18. The summed E-state index contributed by atoms with van der Waals surface area (Å²) < 4.78 is 0. The molecule has 2 heterocycles. The van der Waals surface area contributed by atoms with Gasteiger partial charge in [-0.25, -0.2) is 0 Å². The molecule has 0 saturated heterocycles. The zero-order valence-electron chi connectivity index (χ0n) is 31.0. The van der Waals surface area contributed by atoms with Gasteiger partial charge in [-0.2, -0.15) is 28.4 Å². The van der Waals surface area contributed by atoms with Gasteiger partial charge in [0, 0.05) is 54.1 Å². The van der Waals surface area contributed by atoms with Crippen molar-refractivity contribution in [3.05, 3.63) is 114 Å². The van der Waals surface area contributed by atoms with Crippen LogP contribution in [0.2, 0.25) is 19.6 Å². The second-order valence-corrected chi connectivity index (χ2v) is 27.1. The number of pyridine rings is 2. The van der Waals surface area contributed by atoms with Crippen LogP contribution < -0.4 is 5.19 Å². The zero-order chi connectivity index (χ0) is 34.0. The summed E-state index contributed by atoms with van der Waals surface area (Å²) in [5.74, 6) is 8.30. The molecule has 4 aromatic rings. The number of rotatable bonds is 8. The quantitative estimate of drug-likeness (QED) is 0.101. The Morgan fingerprint density at radius 3 is 1.43 bits per heavy atom. The van der Waals surface area contributed by atoms with Gasteiger partial charge < -0.3 is 30.3 Å². The van der Waals surface area contributed by atoms with E-state index in [1.165, 1.54) is 11.7 Å². The van der Waals surface area contributed by atoms with E-state index in [0.717, 1.165) is 70.0 Å². The third-order valence-electron chi connectivity index (χ3n) is 14.4. The first kappa shape index (κ1) is 36.6. The molecule has 0 aliphatic heterocycles. The summed E-state index contributed by atoms with van der Waals surface area (Å²) in [5.41, 5.74) is 7.39. The monoisotopic (exact) mass is 772 g/mol. The van der Waals surface area contributed by atoms with E-state index < -0.39 is 13.2 Å². The van der Waals surface area contributed by atoms with Crippen molar-refractivity contribution in [3.8, 4) is 0 Å². The molecule has 1 unspecified atom stereocenters. The summed E-state index contributed by atoms with van der Waals surface area (Å²) in [4.78, 5) is 10.1. The van der Waals surface area contributed by atoms with E-state index in [1.807, 2.05) is 42.7 Å². The van der Waals surface area contributed by atoms with Crippen LogP contribution in [0.15, 0.2) is 91.3 Å². The van der Waals surface area contributed by atoms with Gasteiger partial charge in [-0.05, 0) is 147 Å². The van der Waals surface area contributed by atoms with Crippen LogP contribution in [0.5, 0.6) is 0 Å². The van der Waals surface area contributed by atoms with Crippen LogP contribution in [0, 0.1) is 47.3 Å². The summed E-state index contributed by atoms with van der Waals surface area (Å²) >= 11 is 0. The van der Waals surface area contributed by atoms with E-state index in [-0.39, 0.29) is 25.0 Å². The van der Waals surface area contributed by atoms with Crippen LogP contribution in [-0.4, -0.2) is 29.4 Å². The molecule has 2 aromatic heterocycles. The molecule has 8 aliphatic rings. The van der Waals surface area contributed by atoms with E-state index in [2.05, 4.69) is 77.4 Å². The molecule has 6 heteroatoms. The number of aromatic nitrogens is 2. The van der Waals surface area contributed by atoms with E-state index in [0.29, 0.717) is 0 Å². The molecule has 0 amide bonds. The van der Waals surface area contributed by atoms with Gasteiger partial charge in [0.1, 0.15) is 0 Å². The standard InChI is InChI=1S/C40H53N2P2Si.C5H5.Fe/c1-45(2,3)34-22-33(35(23-34)40(43,36-8-4-6-10-41-36)37-9-5-7-11-42-37)24-44(38-29-14-25-12-26(16-29)17-30(38)15-25)39-31-18-27-13-28(20-31)21-32(39)19-27;1-2-4-5-3-1;/h4-11,22-23,25-32,38-39H,12-21,24,43H2,1-3H3;1-5H;/q-1;-5;. The van der Waals surface area contributed by atoms with Gasteiger partial charge in [0.05, 0.1) is 0 Å². The first-order valence-electron chi connectivity index (χ1n) is 20.1. The normalized spacial score (nSPS) is 33.7. The number of hydrogen-bond acceptors (Lipinski definition) is 2. The Balaban J connectivity index is 0.000000576. The molecular formula is C45H58FeN2P2Si-6. The van der Waals surface area contributed by atoms with Crippen LogP contribution in [0.4, 0.5) is 0 Å². The largest absolute Gasteiger partial charge is 0.748 e. The Kier molecular flexibility index (Phi) is 10.5. The SMILES string of the molecule is C[Si](C)(C)[c-]1cc(CP(C2C3CC4CC(C3)CC2C4)C2C3CC4CC(C3)CC2C4)c(C(P)(c2ccccn2)c2ccccn2)c1.[Fe].[cH-]1[cH-][cH-][cH-][cH-]1. The Bertz CT molecular complexity index is 1580. The van der Waals surface area contributed by atoms with Gasteiger partial charge in [-0.1, -0.05) is 37.9 Å². The van der Waals surface area contributed by atoms with Crippen molar-refractivity contribution in [2.75, 3.05) is 0 Å². The molecule has 2 aromatic carbocycles. The molecule has 8 saturated carbocycles. The molecule has 0 N–H and O–H groups in total. The predicted molar refractivity (Wildman–Crippen MR) is 217 cm³/mol. The van der Waals surface area contributed by atoms with Gasteiger partial charge in [-0.15, -0.1) is 17.2 Å². The minimum absolute atomic E-state index is 0. The summed E-state index contributed by atoms with van der Waals surface area (Å²) in [6.07, 6.45) is 20.9. The average Bonchev–Trinajstić information content (AvgIpc) is 3.83. The van der Waals surface area contributed by atoms with E-state index in [1.54, 1.807) is 75.0 Å². The Hall–Kier alpha value is -1.40. The van der Waals surface area contributed by atoms with Crippen LogP contribution >= 0.6 is 17.2 Å². The van der Waals surface area contributed by atoms with E-state index in [9.17, 15) is 0 Å². The Morgan fingerprint density at radius 2 is 1.08 bits per heavy atom. The van der Waals surface area contributed by atoms with Gasteiger partial charge in [0.2, 0.25) is 0 Å². The van der Waals surface area contributed by atoms with Gasteiger partial charge in [-0.3, -0.25) is 9.97 Å². The molecule has 8 bridgehead atoms. The summed E-state index contributed by atoms with van der Waals surface area (Å²) in [7, 11) is 1.69. The fourth-order valence-corrected chi connectivity index (χ4v) is 19.3. The van der Waals surface area contributed by atoms with E-state index in [4.69, 9.17) is 9.97 Å². The van der Waals surface area contributed by atoms with Gasteiger partial charge in [0.25, 0.3) is 0 Å². The minimum atomic E-state index is -1.55. The molecule has 8 fully saturated rings. The molecule has 276 valence electrons. The summed E-state index contributed by atoms with van der Waals surface area (Å²) in [6.45, 7) is 7.63. The third-order valence-corrected chi connectivity index (χ3v) is 21.3. The summed E-state index contributed by atoms with van der Waals surface area (Å²) in [6, 6.07) is 28.3. The van der Waals surface area contributed by atoms with Crippen molar-refractivity contribution in [1.29, 1.82) is 0 Å². The molecule has 12 rings (SSSR count). The predicted octanol–water partition coefficient (Wildman–Crippen LogP) is 10.9. The second kappa shape index (κ2) is 14.7. The minimum Gasteiger partial charge on any atom is -0.748 e. The van der Waals surface area contributed by atoms with Crippen molar-refractivity contribution in [2.24, 2.45) is 47.3 Å². The molecule has 2 nitrogen and oxygen atoms in total. The number of hydrogen-bond donors (Lipinski definition) is 0. The van der Waals surface area contributed by atoms with Crippen LogP contribution in [0.25, 0.3) is 0 Å². The maximum Gasteiger partial charge on any atom is 0.0481 e. The first-order chi connectivity index (χ1) is 24.2.